The Bertz CT molecular complexity index is 1330. The van der Waals surface area contributed by atoms with Crippen molar-refractivity contribution in [3.8, 4) is 16.9 Å². The van der Waals surface area contributed by atoms with Gasteiger partial charge in [-0.1, -0.05) is 69.7 Å². The van der Waals surface area contributed by atoms with Crippen LogP contribution in [0.4, 0.5) is 13.2 Å². The Labute approximate surface area is 281 Å². The number of halogens is 3. The number of esters is 1. The molecule has 1 amide bonds. The van der Waals surface area contributed by atoms with Gasteiger partial charge >= 0.3 is 12.1 Å². The van der Waals surface area contributed by atoms with Crippen LogP contribution in [0.5, 0.6) is 5.75 Å². The van der Waals surface area contributed by atoms with E-state index < -0.39 is 24.2 Å². The Balaban J connectivity index is 2.05. The standard InChI is InChI=1S/C35H50F3N5O5/c1-5-6-15-40-34(39)41-32(44)30(48-33(45)35(36,37)38)22-27-13-14-28(26-11-8-7-9-12-26)29(31(27)47-21-10-20-46-4)24-43-18-16-42(17-19-43)23-25(2)3/h7-9,11-14,25,30H,5-6,10,15-24H2,1-4H3,(H3,39,40,41,44). The second kappa shape index (κ2) is 19.4. The number of nitrogens with zero attached hydrogens (tertiary/aromatic N) is 3. The summed E-state index contributed by atoms with van der Waals surface area (Å²) in [4.78, 5) is 34.1. The monoisotopic (exact) mass is 677 g/mol. The molecule has 0 aromatic heterocycles. The lowest BCUT2D eigenvalue weighted by Gasteiger charge is -2.36. The smallest absolute Gasteiger partial charge is 0.490 e. The van der Waals surface area contributed by atoms with Crippen molar-refractivity contribution in [2.24, 2.45) is 16.6 Å². The maximum absolute atomic E-state index is 13.4. The topological polar surface area (TPSA) is 119 Å². The fraction of sp³-hybridized carbons (Fsp3) is 0.571. The van der Waals surface area contributed by atoms with E-state index in [-0.39, 0.29) is 19.0 Å². The first-order chi connectivity index (χ1) is 22.9. The average molecular weight is 678 g/mol. The highest BCUT2D eigenvalue weighted by molar-refractivity contribution is 5.99. The van der Waals surface area contributed by atoms with E-state index in [0.717, 1.165) is 55.8 Å². The Kier molecular flexibility index (Phi) is 15.6. The molecule has 1 saturated heterocycles. The molecule has 13 heteroatoms. The van der Waals surface area contributed by atoms with E-state index in [9.17, 15) is 22.8 Å². The number of carbonyl (C=O) groups excluding carboxylic acids is 2. The molecule has 2 aromatic carbocycles. The van der Waals surface area contributed by atoms with Crippen LogP contribution in [0.1, 0.15) is 51.2 Å². The van der Waals surface area contributed by atoms with Crippen molar-refractivity contribution in [3.63, 3.8) is 0 Å². The van der Waals surface area contributed by atoms with Gasteiger partial charge < -0.3 is 24.8 Å². The van der Waals surface area contributed by atoms with Gasteiger partial charge in [-0.25, -0.2) is 4.79 Å². The molecule has 3 N–H and O–H groups in total. The molecule has 0 saturated carbocycles. The van der Waals surface area contributed by atoms with Crippen LogP contribution in [-0.2, 0) is 32.0 Å². The minimum atomic E-state index is -5.31. The molecule has 1 heterocycles. The van der Waals surface area contributed by atoms with Crippen LogP contribution >= 0.6 is 0 Å². The summed E-state index contributed by atoms with van der Waals surface area (Å²) in [5, 5.41) is 2.30. The van der Waals surface area contributed by atoms with Gasteiger partial charge in [-0.15, -0.1) is 0 Å². The molecule has 0 radical (unpaired) electrons. The van der Waals surface area contributed by atoms with Gasteiger partial charge in [0, 0.05) is 77.9 Å². The van der Waals surface area contributed by atoms with E-state index >= 15 is 0 Å². The number of carbonyl (C=O) groups is 2. The third-order valence-electron chi connectivity index (χ3n) is 7.86. The van der Waals surface area contributed by atoms with Gasteiger partial charge in [0.15, 0.2) is 12.1 Å². The molecule has 0 bridgehead atoms. The van der Waals surface area contributed by atoms with Crippen molar-refractivity contribution in [1.82, 2.24) is 15.1 Å². The molecule has 1 aliphatic rings. The Morgan fingerprint density at radius 2 is 1.69 bits per heavy atom. The Hall–Kier alpha value is -3.68. The van der Waals surface area contributed by atoms with Gasteiger partial charge in [0.05, 0.1) is 6.61 Å². The van der Waals surface area contributed by atoms with Crippen LogP contribution in [0.2, 0.25) is 0 Å². The molecule has 2 aromatic rings. The number of rotatable bonds is 17. The quantitative estimate of drug-likeness (QED) is 0.106. The third-order valence-corrected chi connectivity index (χ3v) is 7.86. The second-order valence-electron chi connectivity index (χ2n) is 12.3. The molecule has 1 aliphatic heterocycles. The SMILES string of the molecule is CCCCN=C(N)NC(=O)C(Cc1ccc(-c2ccccc2)c(CN2CCN(CC(C)C)CC2)c1OCCCOC)OC(=O)C(F)(F)F. The van der Waals surface area contributed by atoms with Crippen molar-refractivity contribution in [2.75, 3.05) is 59.6 Å². The first-order valence-corrected chi connectivity index (χ1v) is 16.6. The van der Waals surface area contributed by atoms with Crippen molar-refractivity contribution in [1.29, 1.82) is 0 Å². The van der Waals surface area contributed by atoms with Gasteiger partial charge in [-0.05, 0) is 29.0 Å². The molecule has 0 spiro atoms. The first-order valence-electron chi connectivity index (χ1n) is 16.6. The summed E-state index contributed by atoms with van der Waals surface area (Å²) in [5.41, 5.74) is 8.92. The predicted molar refractivity (Wildman–Crippen MR) is 180 cm³/mol. The van der Waals surface area contributed by atoms with Gasteiger partial charge in [0.2, 0.25) is 0 Å². The van der Waals surface area contributed by atoms with Gasteiger partial charge in [0.1, 0.15) is 5.75 Å². The molecule has 1 atom stereocenters. The lowest BCUT2D eigenvalue weighted by atomic mass is 9.93. The van der Waals surface area contributed by atoms with Crippen molar-refractivity contribution >= 4 is 17.8 Å². The van der Waals surface area contributed by atoms with Crippen LogP contribution < -0.4 is 15.8 Å². The molecule has 48 heavy (non-hydrogen) atoms. The third kappa shape index (κ3) is 12.4. The lowest BCUT2D eigenvalue weighted by Crippen LogP contribution is -2.47. The molecule has 1 fully saturated rings. The van der Waals surface area contributed by atoms with Crippen molar-refractivity contribution in [2.45, 2.75) is 65.3 Å². The second-order valence-corrected chi connectivity index (χ2v) is 12.3. The van der Waals surface area contributed by atoms with Crippen LogP contribution in [0.25, 0.3) is 11.1 Å². The summed E-state index contributed by atoms with van der Waals surface area (Å²) >= 11 is 0. The molecular weight excluding hydrogens is 627 g/mol. The maximum Gasteiger partial charge on any atom is 0.490 e. The minimum Gasteiger partial charge on any atom is -0.493 e. The van der Waals surface area contributed by atoms with E-state index in [0.29, 0.717) is 49.8 Å². The summed E-state index contributed by atoms with van der Waals surface area (Å²) in [6, 6.07) is 13.3. The van der Waals surface area contributed by atoms with Crippen LogP contribution in [0.3, 0.4) is 0 Å². The van der Waals surface area contributed by atoms with Gasteiger partial charge in [-0.2, -0.15) is 13.2 Å². The molecule has 0 aliphatic carbocycles. The average Bonchev–Trinajstić information content (AvgIpc) is 3.04. The predicted octanol–water partition coefficient (Wildman–Crippen LogP) is 4.79. The molecule has 3 rings (SSSR count). The number of benzene rings is 2. The largest absolute Gasteiger partial charge is 0.493 e. The number of amides is 1. The van der Waals surface area contributed by atoms with Crippen molar-refractivity contribution in [3.05, 3.63) is 53.6 Å². The first kappa shape index (κ1) is 38.8. The normalized spacial score (nSPS) is 15.4. The maximum atomic E-state index is 13.4. The Morgan fingerprint density at radius 1 is 1.00 bits per heavy atom. The number of nitrogens with two attached hydrogens (primary N) is 1. The fourth-order valence-electron chi connectivity index (χ4n) is 5.50. The number of piperazine rings is 1. The van der Waals surface area contributed by atoms with Crippen LogP contribution in [0.15, 0.2) is 47.5 Å². The van der Waals surface area contributed by atoms with Gasteiger partial charge in [0.25, 0.3) is 5.91 Å². The van der Waals surface area contributed by atoms with Crippen LogP contribution in [-0.4, -0.2) is 99.5 Å². The van der Waals surface area contributed by atoms with Crippen molar-refractivity contribution < 1.29 is 37.0 Å². The highest BCUT2D eigenvalue weighted by atomic mass is 19.4. The summed E-state index contributed by atoms with van der Waals surface area (Å²) in [7, 11) is 1.58. The highest BCUT2D eigenvalue weighted by Crippen LogP contribution is 2.36. The number of aliphatic imine (C=N–C) groups is 1. The molecule has 10 nitrogen and oxygen atoms in total. The highest BCUT2D eigenvalue weighted by Gasteiger charge is 2.43. The molecular formula is C35H50F3N5O5. The molecule has 266 valence electrons. The van der Waals surface area contributed by atoms with Gasteiger partial charge in [-0.3, -0.25) is 20.0 Å². The number of methoxy groups -OCH3 is 1. The van der Waals surface area contributed by atoms with E-state index in [4.69, 9.17) is 19.9 Å². The number of hydrogen-bond acceptors (Lipinski definition) is 8. The van der Waals surface area contributed by atoms with E-state index in [1.807, 2.05) is 43.3 Å². The zero-order valence-corrected chi connectivity index (χ0v) is 28.5. The van der Waals surface area contributed by atoms with E-state index in [2.05, 4.69) is 34.0 Å². The zero-order valence-electron chi connectivity index (χ0n) is 28.5. The number of guanidine groups is 1. The number of hydrogen-bond donors (Lipinski definition) is 2. The van der Waals surface area contributed by atoms with E-state index in [1.54, 1.807) is 13.2 Å². The molecule has 1 unspecified atom stereocenters. The number of ether oxygens (including phenoxy) is 3. The summed E-state index contributed by atoms with van der Waals surface area (Å²) in [6.07, 6.45) is -5.47. The number of unbranched alkanes of at least 4 members (excludes halogenated alkanes) is 1. The number of alkyl halides is 3. The minimum absolute atomic E-state index is 0.254. The summed E-state index contributed by atoms with van der Waals surface area (Å²) in [6.45, 7) is 12.3. The zero-order chi connectivity index (χ0) is 35.1. The Morgan fingerprint density at radius 3 is 2.31 bits per heavy atom. The fourth-order valence-corrected chi connectivity index (χ4v) is 5.50. The van der Waals surface area contributed by atoms with E-state index in [1.165, 1.54) is 0 Å². The number of nitrogens with one attached hydrogen (secondary N) is 1. The van der Waals surface area contributed by atoms with Crippen LogP contribution in [0, 0.1) is 5.92 Å². The summed E-state index contributed by atoms with van der Waals surface area (Å²) < 4.78 is 56.4. The summed E-state index contributed by atoms with van der Waals surface area (Å²) in [5.74, 6) is -2.78. The lowest BCUT2D eigenvalue weighted by molar-refractivity contribution is -0.205.